The molecular formula is C16H16F2O2. The molecule has 0 aromatic heterocycles. The van der Waals surface area contributed by atoms with Crippen LogP contribution in [0.15, 0.2) is 42.5 Å². The van der Waals surface area contributed by atoms with Crippen LogP contribution in [0, 0.1) is 11.6 Å². The summed E-state index contributed by atoms with van der Waals surface area (Å²) in [6, 6.07) is 10.1. The summed E-state index contributed by atoms with van der Waals surface area (Å²) in [5.41, 5.74) is 0.0442. The van der Waals surface area contributed by atoms with Gasteiger partial charge in [0.2, 0.25) is 0 Å². The van der Waals surface area contributed by atoms with Gasteiger partial charge in [-0.05, 0) is 36.2 Å². The van der Waals surface area contributed by atoms with Gasteiger partial charge in [-0.3, -0.25) is 0 Å². The zero-order valence-corrected chi connectivity index (χ0v) is 11.1. The van der Waals surface area contributed by atoms with Crippen LogP contribution in [0.4, 0.5) is 8.78 Å². The third-order valence-electron chi connectivity index (χ3n) is 2.92. The monoisotopic (exact) mass is 278 g/mol. The van der Waals surface area contributed by atoms with Gasteiger partial charge in [-0.25, -0.2) is 8.78 Å². The van der Waals surface area contributed by atoms with Crippen molar-refractivity contribution in [3.05, 3.63) is 65.2 Å². The number of aliphatic hydroxyl groups is 1. The Kier molecular flexibility index (Phi) is 4.69. The molecule has 0 saturated heterocycles. The largest absolute Gasteiger partial charge is 0.494 e. The van der Waals surface area contributed by atoms with E-state index in [-0.39, 0.29) is 5.56 Å². The van der Waals surface area contributed by atoms with E-state index in [0.29, 0.717) is 17.9 Å². The minimum absolute atomic E-state index is 0.347. The second kappa shape index (κ2) is 6.48. The quantitative estimate of drug-likeness (QED) is 0.900. The van der Waals surface area contributed by atoms with Crippen molar-refractivity contribution < 1.29 is 18.6 Å². The van der Waals surface area contributed by atoms with Crippen LogP contribution in [-0.4, -0.2) is 11.7 Å². The summed E-state index contributed by atoms with van der Waals surface area (Å²) in [6.07, 6.45) is -0.504. The van der Waals surface area contributed by atoms with E-state index in [1.165, 1.54) is 6.07 Å². The number of halogens is 2. The minimum atomic E-state index is -1.36. The number of hydrogen-bond acceptors (Lipinski definition) is 2. The second-order valence-electron chi connectivity index (χ2n) is 4.46. The van der Waals surface area contributed by atoms with Crippen LogP contribution < -0.4 is 4.74 Å². The lowest BCUT2D eigenvalue weighted by atomic mass is 10.0. The molecule has 1 atom stereocenters. The van der Waals surface area contributed by atoms with Crippen LogP contribution in [0.2, 0.25) is 0 Å². The number of rotatable bonds is 5. The molecule has 1 unspecified atom stereocenters. The van der Waals surface area contributed by atoms with Gasteiger partial charge in [0, 0.05) is 0 Å². The highest BCUT2D eigenvalue weighted by atomic mass is 19.1. The van der Waals surface area contributed by atoms with Crippen LogP contribution in [-0.2, 0) is 0 Å². The summed E-state index contributed by atoms with van der Waals surface area (Å²) in [5.74, 6) is -0.963. The fraction of sp³-hybridized carbons (Fsp3) is 0.250. The van der Waals surface area contributed by atoms with E-state index >= 15 is 0 Å². The van der Waals surface area contributed by atoms with Crippen molar-refractivity contribution in [3.8, 4) is 5.75 Å². The van der Waals surface area contributed by atoms with Gasteiger partial charge in [0.25, 0.3) is 0 Å². The summed E-state index contributed by atoms with van der Waals surface area (Å²) in [5, 5.41) is 10.2. The molecule has 0 radical (unpaired) electrons. The van der Waals surface area contributed by atoms with Gasteiger partial charge in [0.1, 0.15) is 23.5 Å². The van der Waals surface area contributed by atoms with Crippen LogP contribution in [0.3, 0.4) is 0 Å². The van der Waals surface area contributed by atoms with Crippen molar-refractivity contribution >= 4 is 0 Å². The molecule has 20 heavy (non-hydrogen) atoms. The first-order valence-corrected chi connectivity index (χ1v) is 6.48. The molecule has 0 aliphatic rings. The van der Waals surface area contributed by atoms with E-state index < -0.39 is 17.7 Å². The van der Waals surface area contributed by atoms with Crippen LogP contribution >= 0.6 is 0 Å². The molecule has 0 spiro atoms. The number of benzene rings is 2. The lowest BCUT2D eigenvalue weighted by Gasteiger charge is -2.14. The van der Waals surface area contributed by atoms with Gasteiger partial charge >= 0.3 is 0 Å². The first-order chi connectivity index (χ1) is 9.63. The summed E-state index contributed by atoms with van der Waals surface area (Å²) in [7, 11) is 0. The number of hydrogen-bond donors (Lipinski definition) is 1. The van der Waals surface area contributed by atoms with Crippen LogP contribution in [0.1, 0.15) is 30.6 Å². The van der Waals surface area contributed by atoms with Gasteiger partial charge in [-0.2, -0.15) is 0 Å². The van der Waals surface area contributed by atoms with Crippen LogP contribution in [0.5, 0.6) is 5.75 Å². The van der Waals surface area contributed by atoms with E-state index in [9.17, 15) is 13.9 Å². The average molecular weight is 278 g/mol. The lowest BCUT2D eigenvalue weighted by molar-refractivity contribution is 0.208. The van der Waals surface area contributed by atoms with Crippen molar-refractivity contribution in [2.24, 2.45) is 0 Å². The predicted octanol–water partition coefficient (Wildman–Crippen LogP) is 3.84. The summed E-state index contributed by atoms with van der Waals surface area (Å²) < 4.78 is 32.8. The number of ether oxygens (including phenoxy) is 1. The van der Waals surface area contributed by atoms with Crippen LogP contribution in [0.25, 0.3) is 0 Å². The highest BCUT2D eigenvalue weighted by Gasteiger charge is 2.19. The molecule has 4 heteroatoms. The molecule has 0 fully saturated rings. The standard InChI is InChI=1S/C16H16F2O2/c1-2-9-20-12-6-3-5-11(10-12)16(19)15-13(17)7-4-8-14(15)18/h3-8,10,16,19H,2,9H2,1H3. The minimum Gasteiger partial charge on any atom is -0.494 e. The maximum atomic E-state index is 13.7. The van der Waals surface area contributed by atoms with Gasteiger partial charge in [0.05, 0.1) is 12.2 Å². The highest BCUT2D eigenvalue weighted by Crippen LogP contribution is 2.28. The van der Waals surface area contributed by atoms with E-state index in [1.54, 1.807) is 24.3 Å². The highest BCUT2D eigenvalue weighted by molar-refractivity contribution is 5.36. The normalized spacial score (nSPS) is 12.2. The van der Waals surface area contributed by atoms with Crippen molar-refractivity contribution in [2.75, 3.05) is 6.61 Å². The van der Waals surface area contributed by atoms with E-state index in [1.807, 2.05) is 6.92 Å². The smallest absolute Gasteiger partial charge is 0.132 e. The number of aliphatic hydroxyl groups excluding tert-OH is 1. The first kappa shape index (κ1) is 14.5. The maximum absolute atomic E-state index is 13.7. The Hall–Kier alpha value is -1.94. The van der Waals surface area contributed by atoms with Crippen molar-refractivity contribution in [1.82, 2.24) is 0 Å². The molecule has 1 N–H and O–H groups in total. The van der Waals surface area contributed by atoms with Gasteiger partial charge < -0.3 is 9.84 Å². The third-order valence-corrected chi connectivity index (χ3v) is 2.92. The zero-order chi connectivity index (χ0) is 14.5. The first-order valence-electron chi connectivity index (χ1n) is 6.48. The predicted molar refractivity (Wildman–Crippen MR) is 72.6 cm³/mol. The fourth-order valence-electron chi connectivity index (χ4n) is 1.93. The molecule has 2 rings (SSSR count). The van der Waals surface area contributed by atoms with Crippen molar-refractivity contribution in [3.63, 3.8) is 0 Å². The summed E-state index contributed by atoms with van der Waals surface area (Å²) in [4.78, 5) is 0. The van der Waals surface area contributed by atoms with Gasteiger partial charge in [-0.15, -0.1) is 0 Å². The Morgan fingerprint density at radius 2 is 1.75 bits per heavy atom. The SMILES string of the molecule is CCCOc1cccc(C(O)c2c(F)cccc2F)c1. The fourth-order valence-corrected chi connectivity index (χ4v) is 1.93. The molecular weight excluding hydrogens is 262 g/mol. The summed E-state index contributed by atoms with van der Waals surface area (Å²) >= 11 is 0. The van der Waals surface area contributed by atoms with Gasteiger partial charge in [0.15, 0.2) is 0 Å². The van der Waals surface area contributed by atoms with Crippen molar-refractivity contribution in [2.45, 2.75) is 19.4 Å². The molecule has 0 aliphatic carbocycles. The van der Waals surface area contributed by atoms with E-state index in [0.717, 1.165) is 18.6 Å². The molecule has 0 amide bonds. The topological polar surface area (TPSA) is 29.5 Å². The molecule has 2 nitrogen and oxygen atoms in total. The molecule has 0 heterocycles. The third kappa shape index (κ3) is 3.14. The Morgan fingerprint density at radius 1 is 1.10 bits per heavy atom. The van der Waals surface area contributed by atoms with E-state index in [4.69, 9.17) is 4.74 Å². The second-order valence-corrected chi connectivity index (χ2v) is 4.46. The molecule has 0 aliphatic heterocycles. The Labute approximate surface area is 116 Å². The Morgan fingerprint density at radius 3 is 2.40 bits per heavy atom. The molecule has 2 aromatic rings. The summed E-state index contributed by atoms with van der Waals surface area (Å²) in [6.45, 7) is 2.53. The Bertz CT molecular complexity index is 564. The maximum Gasteiger partial charge on any atom is 0.132 e. The Balaban J connectivity index is 2.31. The molecule has 0 bridgehead atoms. The van der Waals surface area contributed by atoms with E-state index in [2.05, 4.69) is 0 Å². The zero-order valence-electron chi connectivity index (χ0n) is 11.1. The molecule has 2 aromatic carbocycles. The average Bonchev–Trinajstić information content (AvgIpc) is 2.45. The van der Waals surface area contributed by atoms with Crippen molar-refractivity contribution in [1.29, 1.82) is 0 Å². The van der Waals surface area contributed by atoms with Gasteiger partial charge in [-0.1, -0.05) is 25.1 Å². The lowest BCUT2D eigenvalue weighted by Crippen LogP contribution is -2.06. The molecule has 0 saturated carbocycles. The molecule has 106 valence electrons.